The number of carbonyl (C=O) groups is 2. The summed E-state index contributed by atoms with van der Waals surface area (Å²) >= 11 is 0. The fourth-order valence-electron chi connectivity index (χ4n) is 3.57. The monoisotopic (exact) mass is 434 g/mol. The summed E-state index contributed by atoms with van der Waals surface area (Å²) in [4.78, 5) is 28.3. The van der Waals surface area contributed by atoms with Crippen LogP contribution >= 0.6 is 0 Å². The molecule has 0 aromatic heterocycles. The fourth-order valence-corrected chi connectivity index (χ4v) is 3.57. The summed E-state index contributed by atoms with van der Waals surface area (Å²) in [7, 11) is 0. The van der Waals surface area contributed by atoms with Crippen molar-refractivity contribution in [3.63, 3.8) is 0 Å². The van der Waals surface area contributed by atoms with Crippen LogP contribution in [0.15, 0.2) is 42.5 Å². The Hall–Kier alpha value is -3.03. The maximum Gasteiger partial charge on any atom is 0.417 e. The number of amides is 2. The van der Waals surface area contributed by atoms with Gasteiger partial charge in [-0.05, 0) is 49.6 Å². The van der Waals surface area contributed by atoms with E-state index in [4.69, 9.17) is 4.74 Å². The second-order valence-corrected chi connectivity index (χ2v) is 7.56. The predicted molar refractivity (Wildman–Crippen MR) is 110 cm³/mol. The van der Waals surface area contributed by atoms with Crippen LogP contribution < -0.4 is 4.74 Å². The zero-order valence-electron chi connectivity index (χ0n) is 17.5. The molecule has 0 atom stereocenters. The Labute approximate surface area is 179 Å². The van der Waals surface area contributed by atoms with Crippen LogP contribution in [0.25, 0.3) is 0 Å². The van der Waals surface area contributed by atoms with Crippen LogP contribution in [-0.4, -0.2) is 54.4 Å². The Morgan fingerprint density at radius 1 is 0.935 bits per heavy atom. The lowest BCUT2D eigenvalue weighted by Gasteiger charge is -2.23. The lowest BCUT2D eigenvalue weighted by atomic mass is 10.1. The molecule has 0 aliphatic carbocycles. The van der Waals surface area contributed by atoms with E-state index in [0.29, 0.717) is 18.7 Å². The van der Waals surface area contributed by atoms with Gasteiger partial charge in [0.2, 0.25) is 0 Å². The van der Waals surface area contributed by atoms with Crippen LogP contribution in [0, 0.1) is 13.8 Å². The normalized spacial score (nSPS) is 14.9. The summed E-state index contributed by atoms with van der Waals surface area (Å²) in [5.74, 6) is -0.247. The van der Waals surface area contributed by atoms with Gasteiger partial charge in [-0.3, -0.25) is 9.59 Å². The Balaban J connectivity index is 1.62. The van der Waals surface area contributed by atoms with Gasteiger partial charge in [-0.1, -0.05) is 24.3 Å². The molecule has 0 bridgehead atoms. The first-order valence-electron chi connectivity index (χ1n) is 10.1. The zero-order chi connectivity index (χ0) is 22.6. The van der Waals surface area contributed by atoms with Crippen molar-refractivity contribution in [2.75, 3.05) is 32.8 Å². The third kappa shape index (κ3) is 5.37. The molecule has 0 unspecified atom stereocenters. The van der Waals surface area contributed by atoms with Gasteiger partial charge < -0.3 is 14.5 Å². The van der Waals surface area contributed by atoms with Gasteiger partial charge >= 0.3 is 6.18 Å². The Kier molecular flexibility index (Phi) is 6.87. The molecule has 0 radical (unpaired) electrons. The minimum absolute atomic E-state index is 0.130. The van der Waals surface area contributed by atoms with Gasteiger partial charge in [-0.25, -0.2) is 0 Å². The molecule has 0 saturated carbocycles. The molecule has 2 amide bonds. The fraction of sp³-hybridized carbons (Fsp3) is 0.391. The summed E-state index contributed by atoms with van der Waals surface area (Å²) in [5.41, 5.74) is 0.714. The van der Waals surface area contributed by atoms with Crippen LogP contribution in [0.4, 0.5) is 13.2 Å². The van der Waals surface area contributed by atoms with Crippen LogP contribution in [0.5, 0.6) is 5.75 Å². The van der Waals surface area contributed by atoms with E-state index in [2.05, 4.69) is 0 Å². The molecule has 3 rings (SSSR count). The molecule has 1 aliphatic heterocycles. The predicted octanol–water partition coefficient (Wildman–Crippen LogP) is 4.08. The zero-order valence-corrected chi connectivity index (χ0v) is 17.5. The van der Waals surface area contributed by atoms with Gasteiger partial charge in [0.15, 0.2) is 6.61 Å². The van der Waals surface area contributed by atoms with Crippen molar-refractivity contribution in [2.45, 2.75) is 26.4 Å². The number of alkyl halides is 3. The Bertz CT molecular complexity index is 959. The number of rotatable bonds is 4. The third-order valence-electron chi connectivity index (χ3n) is 5.50. The van der Waals surface area contributed by atoms with E-state index < -0.39 is 17.6 Å². The number of hydrogen-bond acceptors (Lipinski definition) is 3. The standard InChI is InChI=1S/C23H25F3N2O3/c1-16-7-5-10-20(17(16)2)31-15-21(29)27-11-6-12-28(14-13-27)22(30)18-8-3-4-9-19(18)23(24,25)26/h3-5,7-10H,6,11-15H2,1-2H3. The molecular weight excluding hydrogens is 409 g/mol. The second kappa shape index (κ2) is 9.41. The van der Waals surface area contributed by atoms with Crippen molar-refractivity contribution in [1.82, 2.24) is 9.80 Å². The maximum absolute atomic E-state index is 13.3. The Morgan fingerprint density at radius 2 is 1.61 bits per heavy atom. The van der Waals surface area contributed by atoms with E-state index in [1.54, 1.807) is 11.0 Å². The molecular formula is C23H25F3N2O3. The van der Waals surface area contributed by atoms with Gasteiger partial charge in [-0.2, -0.15) is 13.2 Å². The summed E-state index contributed by atoms with van der Waals surface area (Å²) in [6.07, 6.45) is -4.12. The van der Waals surface area contributed by atoms with Gasteiger partial charge in [-0.15, -0.1) is 0 Å². The molecule has 31 heavy (non-hydrogen) atoms. The molecule has 0 N–H and O–H groups in total. The molecule has 2 aromatic carbocycles. The first kappa shape index (κ1) is 22.7. The van der Waals surface area contributed by atoms with Gasteiger partial charge in [0.1, 0.15) is 5.75 Å². The van der Waals surface area contributed by atoms with Crippen molar-refractivity contribution in [1.29, 1.82) is 0 Å². The number of hydrogen-bond donors (Lipinski definition) is 0. The quantitative estimate of drug-likeness (QED) is 0.729. The number of aryl methyl sites for hydroxylation is 1. The number of benzene rings is 2. The number of halogens is 3. The van der Waals surface area contributed by atoms with E-state index in [9.17, 15) is 22.8 Å². The minimum Gasteiger partial charge on any atom is -0.483 e. The highest BCUT2D eigenvalue weighted by Gasteiger charge is 2.36. The molecule has 8 heteroatoms. The highest BCUT2D eigenvalue weighted by atomic mass is 19.4. The van der Waals surface area contributed by atoms with E-state index in [1.807, 2.05) is 26.0 Å². The average Bonchev–Trinajstić information content (AvgIpc) is 3.00. The molecule has 1 heterocycles. The van der Waals surface area contributed by atoms with E-state index in [0.717, 1.165) is 17.2 Å². The van der Waals surface area contributed by atoms with Crippen LogP contribution in [0.1, 0.15) is 33.5 Å². The van der Waals surface area contributed by atoms with Crippen molar-refractivity contribution in [2.24, 2.45) is 0 Å². The third-order valence-corrected chi connectivity index (χ3v) is 5.50. The first-order chi connectivity index (χ1) is 14.7. The van der Waals surface area contributed by atoms with Gasteiger partial charge in [0, 0.05) is 26.2 Å². The Morgan fingerprint density at radius 3 is 2.35 bits per heavy atom. The molecule has 0 spiro atoms. The summed E-state index contributed by atoms with van der Waals surface area (Å²) in [6.45, 7) is 4.86. The van der Waals surface area contributed by atoms with E-state index in [1.165, 1.54) is 23.1 Å². The number of ether oxygens (including phenoxy) is 1. The maximum atomic E-state index is 13.3. The van der Waals surface area contributed by atoms with Crippen molar-refractivity contribution < 1.29 is 27.5 Å². The summed E-state index contributed by atoms with van der Waals surface area (Å²) in [6, 6.07) is 10.4. The van der Waals surface area contributed by atoms with Crippen LogP contribution in [-0.2, 0) is 11.0 Å². The summed E-state index contributed by atoms with van der Waals surface area (Å²) < 4.78 is 45.5. The van der Waals surface area contributed by atoms with Crippen molar-refractivity contribution >= 4 is 11.8 Å². The van der Waals surface area contributed by atoms with Gasteiger partial charge in [0.25, 0.3) is 11.8 Å². The summed E-state index contributed by atoms with van der Waals surface area (Å²) in [5, 5.41) is 0. The topological polar surface area (TPSA) is 49.9 Å². The highest BCUT2D eigenvalue weighted by molar-refractivity contribution is 5.96. The lowest BCUT2D eigenvalue weighted by molar-refractivity contribution is -0.138. The molecule has 1 saturated heterocycles. The van der Waals surface area contributed by atoms with E-state index >= 15 is 0 Å². The van der Waals surface area contributed by atoms with E-state index in [-0.39, 0.29) is 37.7 Å². The average molecular weight is 434 g/mol. The van der Waals surface area contributed by atoms with Gasteiger partial charge in [0.05, 0.1) is 11.1 Å². The van der Waals surface area contributed by atoms with Crippen LogP contribution in [0.3, 0.4) is 0 Å². The van der Waals surface area contributed by atoms with Crippen molar-refractivity contribution in [3.8, 4) is 5.75 Å². The number of nitrogens with zero attached hydrogens (tertiary/aromatic N) is 2. The number of carbonyl (C=O) groups excluding carboxylic acids is 2. The molecule has 166 valence electrons. The molecule has 1 aliphatic rings. The molecule has 5 nitrogen and oxygen atoms in total. The highest BCUT2D eigenvalue weighted by Crippen LogP contribution is 2.32. The SMILES string of the molecule is Cc1cccc(OCC(=O)N2CCCN(C(=O)c3ccccc3C(F)(F)F)CC2)c1C. The molecule has 2 aromatic rings. The van der Waals surface area contributed by atoms with Crippen molar-refractivity contribution in [3.05, 3.63) is 64.7 Å². The second-order valence-electron chi connectivity index (χ2n) is 7.56. The first-order valence-corrected chi connectivity index (χ1v) is 10.1. The smallest absolute Gasteiger partial charge is 0.417 e. The molecule has 1 fully saturated rings. The minimum atomic E-state index is -4.61. The van der Waals surface area contributed by atoms with Crippen LogP contribution in [0.2, 0.25) is 0 Å². The largest absolute Gasteiger partial charge is 0.483 e. The lowest BCUT2D eigenvalue weighted by Crippen LogP contribution is -2.39.